The lowest BCUT2D eigenvalue weighted by molar-refractivity contribution is 0.0267. The van der Waals surface area contributed by atoms with E-state index in [1.54, 1.807) is 11.3 Å². The van der Waals surface area contributed by atoms with Crippen molar-refractivity contribution in [2.24, 2.45) is 5.41 Å². The summed E-state index contributed by atoms with van der Waals surface area (Å²) in [6.45, 7) is 7.14. The second kappa shape index (κ2) is 6.79. The first-order chi connectivity index (χ1) is 9.13. The minimum Gasteiger partial charge on any atom is -0.384 e. The van der Waals surface area contributed by atoms with Crippen LogP contribution >= 0.6 is 11.3 Å². The molecule has 2 rings (SSSR count). The van der Waals surface area contributed by atoms with E-state index in [1.165, 1.54) is 18.5 Å². The summed E-state index contributed by atoms with van der Waals surface area (Å²) >= 11 is 1.73. The van der Waals surface area contributed by atoms with Gasteiger partial charge in [0.1, 0.15) is 0 Å². The molecular formula is C14H25N3OS. The maximum atomic E-state index is 5.47. The molecule has 0 aromatic carbocycles. The fourth-order valence-corrected chi connectivity index (χ4v) is 3.60. The topological polar surface area (TPSA) is 37.4 Å². The lowest BCUT2D eigenvalue weighted by Gasteiger charge is -2.39. The SMILES string of the molecule is COCC1(CN(C)Cc2csc(C)n2)CCNCC1. The minimum atomic E-state index is 0.305. The predicted molar refractivity (Wildman–Crippen MR) is 79.6 cm³/mol. The Kier molecular flexibility index (Phi) is 5.33. The van der Waals surface area contributed by atoms with Crippen LogP contribution in [0.4, 0.5) is 0 Å². The van der Waals surface area contributed by atoms with Gasteiger partial charge in [-0.3, -0.25) is 4.90 Å². The zero-order valence-corrected chi connectivity index (χ0v) is 13.1. The minimum absolute atomic E-state index is 0.305. The van der Waals surface area contributed by atoms with E-state index in [-0.39, 0.29) is 0 Å². The van der Waals surface area contributed by atoms with Gasteiger partial charge in [-0.1, -0.05) is 0 Å². The number of hydrogen-bond acceptors (Lipinski definition) is 5. The van der Waals surface area contributed by atoms with Gasteiger partial charge in [-0.05, 0) is 39.9 Å². The van der Waals surface area contributed by atoms with E-state index >= 15 is 0 Å². The van der Waals surface area contributed by atoms with Crippen LogP contribution in [0, 0.1) is 12.3 Å². The molecule has 1 aromatic rings. The van der Waals surface area contributed by atoms with E-state index in [0.717, 1.165) is 37.8 Å². The van der Waals surface area contributed by atoms with Gasteiger partial charge in [0.2, 0.25) is 0 Å². The Hall–Kier alpha value is -0.490. The molecule has 1 aromatic heterocycles. The highest BCUT2D eigenvalue weighted by atomic mass is 32.1. The van der Waals surface area contributed by atoms with Gasteiger partial charge in [-0.2, -0.15) is 0 Å². The van der Waals surface area contributed by atoms with Crippen molar-refractivity contribution in [1.29, 1.82) is 0 Å². The molecule has 19 heavy (non-hydrogen) atoms. The molecule has 0 saturated carbocycles. The van der Waals surface area contributed by atoms with Gasteiger partial charge in [-0.25, -0.2) is 4.98 Å². The number of rotatable bonds is 6. The van der Waals surface area contributed by atoms with Crippen LogP contribution in [0.3, 0.4) is 0 Å². The number of nitrogens with one attached hydrogen (secondary N) is 1. The number of methoxy groups -OCH3 is 1. The van der Waals surface area contributed by atoms with E-state index in [9.17, 15) is 0 Å². The quantitative estimate of drug-likeness (QED) is 0.865. The highest BCUT2D eigenvalue weighted by molar-refractivity contribution is 7.09. The van der Waals surface area contributed by atoms with E-state index in [1.807, 2.05) is 7.11 Å². The Balaban J connectivity index is 1.92. The molecule has 5 heteroatoms. The molecule has 1 saturated heterocycles. The number of nitrogens with zero attached hydrogens (tertiary/aromatic N) is 2. The third-order valence-electron chi connectivity index (χ3n) is 3.82. The highest BCUT2D eigenvalue weighted by Gasteiger charge is 2.33. The first-order valence-electron chi connectivity index (χ1n) is 6.93. The second-order valence-electron chi connectivity index (χ2n) is 5.71. The van der Waals surface area contributed by atoms with Gasteiger partial charge < -0.3 is 10.1 Å². The fourth-order valence-electron chi connectivity index (χ4n) is 3.00. The molecular weight excluding hydrogens is 258 g/mol. The molecule has 0 amide bonds. The molecule has 0 radical (unpaired) electrons. The summed E-state index contributed by atoms with van der Waals surface area (Å²) in [6, 6.07) is 0. The standard InChI is InChI=1S/C14H25N3OS/c1-12-16-13(9-19-12)8-17(2)10-14(11-18-3)4-6-15-7-5-14/h9,15H,4-8,10-11H2,1-3H3. The fraction of sp³-hybridized carbons (Fsp3) is 0.786. The zero-order valence-electron chi connectivity index (χ0n) is 12.2. The number of thiazole rings is 1. The van der Waals surface area contributed by atoms with Gasteiger partial charge in [0.05, 0.1) is 17.3 Å². The third kappa shape index (κ3) is 4.24. The lowest BCUT2D eigenvalue weighted by Crippen LogP contribution is -2.46. The maximum absolute atomic E-state index is 5.47. The van der Waals surface area contributed by atoms with Crippen molar-refractivity contribution in [1.82, 2.24) is 15.2 Å². The van der Waals surface area contributed by atoms with Crippen LogP contribution < -0.4 is 5.32 Å². The number of piperidine rings is 1. The van der Waals surface area contributed by atoms with Crippen LogP contribution in [0.25, 0.3) is 0 Å². The second-order valence-corrected chi connectivity index (χ2v) is 6.78. The summed E-state index contributed by atoms with van der Waals surface area (Å²) in [6.07, 6.45) is 2.39. The molecule has 1 fully saturated rings. The molecule has 0 spiro atoms. The molecule has 2 heterocycles. The Morgan fingerprint density at radius 1 is 1.47 bits per heavy atom. The van der Waals surface area contributed by atoms with Crippen LogP contribution in [0.1, 0.15) is 23.5 Å². The molecule has 0 aliphatic carbocycles. The number of hydrogen-bond donors (Lipinski definition) is 1. The Bertz CT molecular complexity index is 382. The van der Waals surface area contributed by atoms with Crippen LogP contribution in [0.2, 0.25) is 0 Å². The first-order valence-corrected chi connectivity index (χ1v) is 7.81. The number of ether oxygens (including phenoxy) is 1. The summed E-state index contributed by atoms with van der Waals surface area (Å²) in [5, 5.41) is 6.75. The maximum Gasteiger partial charge on any atom is 0.0897 e. The van der Waals surface area contributed by atoms with Crippen molar-refractivity contribution in [3.05, 3.63) is 16.1 Å². The summed E-state index contributed by atoms with van der Waals surface area (Å²) < 4.78 is 5.47. The van der Waals surface area contributed by atoms with Crippen molar-refractivity contribution < 1.29 is 4.74 Å². The normalized spacial score (nSPS) is 18.9. The Morgan fingerprint density at radius 3 is 2.79 bits per heavy atom. The highest BCUT2D eigenvalue weighted by Crippen LogP contribution is 2.30. The van der Waals surface area contributed by atoms with Crippen LogP contribution in [-0.2, 0) is 11.3 Å². The first kappa shape index (κ1) is 14.9. The van der Waals surface area contributed by atoms with Gasteiger partial charge >= 0.3 is 0 Å². The van der Waals surface area contributed by atoms with Crippen molar-refractivity contribution in [3.8, 4) is 0 Å². The van der Waals surface area contributed by atoms with Crippen molar-refractivity contribution in [3.63, 3.8) is 0 Å². The number of aromatic nitrogens is 1. The molecule has 0 atom stereocenters. The molecule has 1 aliphatic rings. The Morgan fingerprint density at radius 2 is 2.21 bits per heavy atom. The van der Waals surface area contributed by atoms with Crippen molar-refractivity contribution in [2.45, 2.75) is 26.3 Å². The monoisotopic (exact) mass is 283 g/mol. The van der Waals surface area contributed by atoms with Crippen LogP contribution in [0.5, 0.6) is 0 Å². The molecule has 4 nitrogen and oxygen atoms in total. The van der Waals surface area contributed by atoms with Crippen LogP contribution in [0.15, 0.2) is 5.38 Å². The summed E-state index contributed by atoms with van der Waals surface area (Å²) in [7, 11) is 4.00. The van der Waals surface area contributed by atoms with Crippen LogP contribution in [-0.4, -0.2) is 50.3 Å². The Labute approximate surface area is 120 Å². The van der Waals surface area contributed by atoms with Crippen molar-refractivity contribution in [2.75, 3.05) is 40.4 Å². The molecule has 0 bridgehead atoms. The van der Waals surface area contributed by atoms with E-state index in [2.05, 4.69) is 34.6 Å². The van der Waals surface area contributed by atoms with Gasteiger partial charge in [0.15, 0.2) is 0 Å². The summed E-state index contributed by atoms with van der Waals surface area (Å²) in [5.74, 6) is 0. The third-order valence-corrected chi connectivity index (χ3v) is 4.64. The molecule has 0 unspecified atom stereocenters. The summed E-state index contributed by atoms with van der Waals surface area (Å²) in [5.41, 5.74) is 1.49. The molecule has 1 N–H and O–H groups in total. The predicted octanol–water partition coefficient (Wildman–Crippen LogP) is 1.90. The lowest BCUT2D eigenvalue weighted by atomic mass is 9.79. The van der Waals surface area contributed by atoms with Gasteiger partial charge in [0, 0.05) is 31.0 Å². The number of aryl methyl sites for hydroxylation is 1. The molecule has 108 valence electrons. The smallest absolute Gasteiger partial charge is 0.0897 e. The van der Waals surface area contributed by atoms with E-state index in [4.69, 9.17) is 4.74 Å². The zero-order chi connectivity index (χ0) is 13.7. The summed E-state index contributed by atoms with van der Waals surface area (Å²) in [4.78, 5) is 6.93. The average Bonchev–Trinajstić information content (AvgIpc) is 2.75. The average molecular weight is 283 g/mol. The van der Waals surface area contributed by atoms with E-state index < -0.39 is 0 Å². The van der Waals surface area contributed by atoms with Gasteiger partial charge in [0.25, 0.3) is 0 Å². The largest absolute Gasteiger partial charge is 0.384 e. The van der Waals surface area contributed by atoms with Gasteiger partial charge in [-0.15, -0.1) is 11.3 Å². The van der Waals surface area contributed by atoms with E-state index in [0.29, 0.717) is 5.41 Å². The van der Waals surface area contributed by atoms with Crippen molar-refractivity contribution >= 4 is 11.3 Å². The molecule has 1 aliphatic heterocycles.